The van der Waals surface area contributed by atoms with Gasteiger partial charge in [0.2, 0.25) is 0 Å². The number of halogens is 3. The minimum absolute atomic E-state index is 0.0882. The van der Waals surface area contributed by atoms with Crippen LogP contribution in [0, 0.1) is 0 Å². The molecule has 1 N–H and O–H groups in total. The molecule has 0 aromatic carbocycles. The van der Waals surface area contributed by atoms with Gasteiger partial charge in [0.05, 0.1) is 6.54 Å². The van der Waals surface area contributed by atoms with E-state index in [9.17, 15) is 13.2 Å². The Hall–Kier alpha value is -2.72. The van der Waals surface area contributed by atoms with Crippen molar-refractivity contribution in [2.75, 3.05) is 5.32 Å². The number of hydrogen-bond donors (Lipinski definition) is 1. The molecule has 4 rings (SSSR count). The fourth-order valence-corrected chi connectivity index (χ4v) is 2.90. The summed E-state index contributed by atoms with van der Waals surface area (Å²) in [4.78, 5) is 11.7. The Morgan fingerprint density at radius 1 is 1.32 bits per heavy atom. The third-order valence-corrected chi connectivity index (χ3v) is 4.11. The first-order valence-electron chi connectivity index (χ1n) is 7.91. The molecule has 0 fully saturated rings. The van der Waals surface area contributed by atoms with Gasteiger partial charge in [0, 0.05) is 24.9 Å². The summed E-state index contributed by atoms with van der Waals surface area (Å²) >= 11 is 0. The molecule has 8 nitrogen and oxygen atoms in total. The first-order chi connectivity index (χ1) is 11.9. The van der Waals surface area contributed by atoms with E-state index in [0.717, 1.165) is 30.6 Å². The second-order valence-corrected chi connectivity index (χ2v) is 5.86. The number of fused-ring (bicyclic) bond motifs is 2. The van der Waals surface area contributed by atoms with Crippen molar-refractivity contribution in [3.05, 3.63) is 29.7 Å². The van der Waals surface area contributed by atoms with Crippen LogP contribution in [-0.4, -0.2) is 40.4 Å². The number of nitrogens with one attached hydrogen (secondary N) is 1. The average molecular weight is 352 g/mol. The molecule has 0 bridgehead atoms. The van der Waals surface area contributed by atoms with E-state index >= 15 is 0 Å². The number of aromatic nitrogens is 7. The van der Waals surface area contributed by atoms with Crippen molar-refractivity contribution >= 4 is 11.6 Å². The maximum Gasteiger partial charge on any atom is 0.433 e. The van der Waals surface area contributed by atoms with E-state index in [4.69, 9.17) is 0 Å². The molecule has 0 radical (unpaired) electrons. The number of nitrogens with zero attached hydrogens (tertiary/aromatic N) is 7. The van der Waals surface area contributed by atoms with Gasteiger partial charge in [-0.2, -0.15) is 32.9 Å². The predicted molar refractivity (Wildman–Crippen MR) is 80.9 cm³/mol. The van der Waals surface area contributed by atoms with Crippen LogP contribution in [0.2, 0.25) is 0 Å². The summed E-state index contributed by atoms with van der Waals surface area (Å²) in [5.41, 5.74) is -0.999. The topological polar surface area (TPSA) is 85.8 Å². The third kappa shape index (κ3) is 2.89. The van der Waals surface area contributed by atoms with Crippen molar-refractivity contribution in [2.45, 2.75) is 44.9 Å². The summed E-state index contributed by atoms with van der Waals surface area (Å²) < 4.78 is 42.2. The van der Waals surface area contributed by atoms with Gasteiger partial charge in [-0.25, -0.2) is 14.6 Å². The lowest BCUT2D eigenvalue weighted by Gasteiger charge is -2.24. The zero-order valence-electron chi connectivity index (χ0n) is 13.3. The van der Waals surface area contributed by atoms with Crippen LogP contribution in [0.3, 0.4) is 0 Å². The highest BCUT2D eigenvalue weighted by Gasteiger charge is 2.34. The fourth-order valence-electron chi connectivity index (χ4n) is 2.90. The first kappa shape index (κ1) is 15.8. The van der Waals surface area contributed by atoms with Crippen molar-refractivity contribution in [1.29, 1.82) is 0 Å². The Labute approximate surface area is 140 Å². The maximum absolute atomic E-state index is 13.0. The van der Waals surface area contributed by atoms with E-state index in [1.54, 1.807) is 0 Å². The van der Waals surface area contributed by atoms with Gasteiger partial charge in [0.15, 0.2) is 11.5 Å². The Balaban J connectivity index is 1.63. The molecule has 3 aromatic heterocycles. The van der Waals surface area contributed by atoms with Gasteiger partial charge in [-0.05, 0) is 6.42 Å². The molecule has 11 heteroatoms. The van der Waals surface area contributed by atoms with Gasteiger partial charge < -0.3 is 5.32 Å². The molecule has 0 aliphatic carbocycles. The summed E-state index contributed by atoms with van der Waals surface area (Å²) in [6.07, 6.45) is -1.18. The molecule has 4 heterocycles. The summed E-state index contributed by atoms with van der Waals surface area (Å²) in [5.74, 6) is 1.80. The molecule has 1 aliphatic rings. The predicted octanol–water partition coefficient (Wildman–Crippen LogP) is 1.72. The van der Waals surface area contributed by atoms with Crippen LogP contribution in [-0.2, 0) is 25.6 Å². The SMILES string of the molecule is CCc1nc2n(n1)CC(Nc1cc(C(F)(F)F)nc3ncnn13)CC2. The average Bonchev–Trinajstić information content (AvgIpc) is 3.19. The normalized spacial score (nSPS) is 17.7. The molecule has 132 valence electrons. The first-order valence-corrected chi connectivity index (χ1v) is 7.91. The molecule has 0 saturated heterocycles. The zero-order valence-corrected chi connectivity index (χ0v) is 13.3. The Kier molecular flexibility index (Phi) is 3.58. The molecule has 25 heavy (non-hydrogen) atoms. The molecule has 1 aliphatic heterocycles. The highest BCUT2D eigenvalue weighted by Crippen LogP contribution is 2.30. The molecule has 0 spiro atoms. The monoisotopic (exact) mass is 352 g/mol. The largest absolute Gasteiger partial charge is 0.433 e. The van der Waals surface area contributed by atoms with E-state index in [1.165, 1.54) is 10.8 Å². The van der Waals surface area contributed by atoms with Gasteiger partial charge >= 0.3 is 6.18 Å². The summed E-state index contributed by atoms with van der Waals surface area (Å²) in [5, 5.41) is 11.5. The van der Waals surface area contributed by atoms with Gasteiger partial charge in [-0.1, -0.05) is 6.92 Å². The van der Waals surface area contributed by atoms with E-state index < -0.39 is 11.9 Å². The lowest BCUT2D eigenvalue weighted by Crippen LogP contribution is -2.33. The van der Waals surface area contributed by atoms with E-state index in [0.29, 0.717) is 13.0 Å². The minimum Gasteiger partial charge on any atom is -0.365 e. The molecule has 3 aromatic rings. The second-order valence-electron chi connectivity index (χ2n) is 5.86. The Bertz CT molecular complexity index is 913. The number of aryl methyl sites for hydroxylation is 2. The highest BCUT2D eigenvalue weighted by molar-refractivity contribution is 5.46. The van der Waals surface area contributed by atoms with Crippen molar-refractivity contribution < 1.29 is 13.2 Å². The van der Waals surface area contributed by atoms with Crippen LogP contribution in [0.1, 0.15) is 30.7 Å². The molecule has 1 unspecified atom stereocenters. The smallest absolute Gasteiger partial charge is 0.365 e. The summed E-state index contributed by atoms with van der Waals surface area (Å²) in [7, 11) is 0. The Morgan fingerprint density at radius 3 is 2.92 bits per heavy atom. The zero-order chi connectivity index (χ0) is 17.6. The number of alkyl halides is 3. The molecule has 0 amide bonds. The number of rotatable bonds is 3. The second kappa shape index (κ2) is 5.67. The minimum atomic E-state index is -4.55. The molecule has 0 saturated carbocycles. The van der Waals surface area contributed by atoms with Crippen molar-refractivity contribution in [3.8, 4) is 0 Å². The van der Waals surface area contributed by atoms with Crippen LogP contribution in [0.5, 0.6) is 0 Å². The lowest BCUT2D eigenvalue weighted by atomic mass is 10.1. The van der Waals surface area contributed by atoms with Crippen molar-refractivity contribution in [1.82, 2.24) is 34.3 Å². The number of anilines is 1. The maximum atomic E-state index is 13.0. The quantitative estimate of drug-likeness (QED) is 0.773. The van der Waals surface area contributed by atoms with Crippen molar-refractivity contribution in [3.63, 3.8) is 0 Å². The summed E-state index contributed by atoms with van der Waals surface area (Å²) in [6.45, 7) is 2.51. The van der Waals surface area contributed by atoms with Gasteiger partial charge in [0.25, 0.3) is 5.78 Å². The van der Waals surface area contributed by atoms with Crippen LogP contribution >= 0.6 is 0 Å². The Morgan fingerprint density at radius 2 is 2.16 bits per heavy atom. The van der Waals surface area contributed by atoms with E-state index in [2.05, 4.69) is 30.5 Å². The van der Waals surface area contributed by atoms with Gasteiger partial charge in [-0.15, -0.1) is 0 Å². The van der Waals surface area contributed by atoms with Gasteiger partial charge in [0.1, 0.15) is 18.0 Å². The third-order valence-electron chi connectivity index (χ3n) is 4.11. The standard InChI is InChI=1S/C14H15F3N8/c1-2-10-22-11-4-3-8(6-24(11)23-10)20-12-5-9(14(15,16)17)21-13-18-7-19-25(12)13/h5,7-8,20H,2-4,6H2,1H3. The highest BCUT2D eigenvalue weighted by atomic mass is 19.4. The van der Waals surface area contributed by atoms with E-state index in [1.807, 2.05) is 11.6 Å². The fraction of sp³-hybridized carbons (Fsp3) is 0.500. The molecular formula is C14H15F3N8. The van der Waals surface area contributed by atoms with Crippen LogP contribution in [0.15, 0.2) is 12.4 Å². The van der Waals surface area contributed by atoms with Crippen LogP contribution in [0.25, 0.3) is 5.78 Å². The van der Waals surface area contributed by atoms with Crippen molar-refractivity contribution in [2.24, 2.45) is 0 Å². The van der Waals surface area contributed by atoms with E-state index in [-0.39, 0.29) is 17.6 Å². The lowest BCUT2D eigenvalue weighted by molar-refractivity contribution is -0.141. The molecule has 1 atom stereocenters. The molecular weight excluding hydrogens is 337 g/mol. The van der Waals surface area contributed by atoms with Gasteiger partial charge in [-0.3, -0.25) is 0 Å². The number of hydrogen-bond acceptors (Lipinski definition) is 6. The summed E-state index contributed by atoms with van der Waals surface area (Å²) in [6, 6.07) is 0.866. The van der Waals surface area contributed by atoms with Crippen LogP contribution < -0.4 is 5.32 Å². The van der Waals surface area contributed by atoms with Crippen LogP contribution in [0.4, 0.5) is 19.0 Å².